The number of aliphatic carboxylic acids is 1. The van der Waals surface area contributed by atoms with Crippen molar-refractivity contribution in [3.05, 3.63) is 0 Å². The highest BCUT2D eigenvalue weighted by atomic mass is 16.6. The molecule has 84 valence electrons. The van der Waals surface area contributed by atoms with Crippen LogP contribution in [0.2, 0.25) is 0 Å². The summed E-state index contributed by atoms with van der Waals surface area (Å²) < 4.78 is 0. The zero-order chi connectivity index (χ0) is 11.3. The third-order valence-corrected chi connectivity index (χ3v) is 2.04. The molecule has 1 heterocycles. The molecule has 0 aromatic heterocycles. The second-order valence-electron chi connectivity index (χ2n) is 3.29. The largest absolute Gasteiger partial charge is 0.477 e. The molecule has 6 heteroatoms. The number of carboxylic acid groups (broad SMARTS) is 1. The zero-order valence-corrected chi connectivity index (χ0v) is 8.52. The summed E-state index contributed by atoms with van der Waals surface area (Å²) in [6.07, 6.45) is 1.13. The van der Waals surface area contributed by atoms with Crippen LogP contribution in [0.15, 0.2) is 5.16 Å². The average molecular weight is 214 g/mol. The van der Waals surface area contributed by atoms with E-state index in [1.165, 1.54) is 0 Å². The molecule has 0 fully saturated rings. The van der Waals surface area contributed by atoms with E-state index in [0.29, 0.717) is 6.54 Å². The van der Waals surface area contributed by atoms with Gasteiger partial charge in [0.15, 0.2) is 5.71 Å². The number of amides is 1. The fraction of sp³-hybridized carbons (Fsp3) is 0.667. The molecule has 0 radical (unpaired) electrons. The lowest BCUT2D eigenvalue weighted by Crippen LogP contribution is -2.35. The van der Waals surface area contributed by atoms with Crippen molar-refractivity contribution in [2.75, 3.05) is 6.54 Å². The Morgan fingerprint density at radius 2 is 2.40 bits per heavy atom. The van der Waals surface area contributed by atoms with Crippen LogP contribution in [0.4, 0.5) is 0 Å². The van der Waals surface area contributed by atoms with Crippen molar-refractivity contribution in [1.29, 1.82) is 0 Å². The van der Waals surface area contributed by atoms with Gasteiger partial charge in [0.05, 0.1) is 0 Å². The lowest BCUT2D eigenvalue weighted by Gasteiger charge is -2.08. The Morgan fingerprint density at radius 3 is 2.93 bits per heavy atom. The zero-order valence-electron chi connectivity index (χ0n) is 8.52. The number of nitrogens with zero attached hydrogens (tertiary/aromatic N) is 1. The normalized spacial score (nSPS) is 19.3. The van der Waals surface area contributed by atoms with Crippen molar-refractivity contribution in [2.45, 2.75) is 32.3 Å². The quantitative estimate of drug-likeness (QED) is 0.637. The van der Waals surface area contributed by atoms with Gasteiger partial charge in [0, 0.05) is 13.0 Å². The van der Waals surface area contributed by atoms with Gasteiger partial charge in [-0.15, -0.1) is 0 Å². The number of nitrogens with one attached hydrogen (secondary N) is 1. The van der Waals surface area contributed by atoms with Crippen molar-refractivity contribution in [2.24, 2.45) is 5.16 Å². The maximum Gasteiger partial charge on any atom is 0.353 e. The van der Waals surface area contributed by atoms with E-state index in [2.05, 4.69) is 10.5 Å². The second kappa shape index (κ2) is 5.33. The SMILES string of the molecule is CCCCNC(=O)C1CC(C(=O)O)=NO1. The highest BCUT2D eigenvalue weighted by Gasteiger charge is 2.30. The predicted molar refractivity (Wildman–Crippen MR) is 52.5 cm³/mol. The molecule has 0 aromatic rings. The first-order valence-electron chi connectivity index (χ1n) is 4.88. The van der Waals surface area contributed by atoms with E-state index >= 15 is 0 Å². The molecule has 1 aliphatic heterocycles. The van der Waals surface area contributed by atoms with E-state index in [1.807, 2.05) is 6.92 Å². The van der Waals surface area contributed by atoms with Crippen molar-refractivity contribution >= 4 is 17.6 Å². The number of oxime groups is 1. The average Bonchev–Trinajstić information content (AvgIpc) is 2.66. The van der Waals surface area contributed by atoms with Gasteiger partial charge >= 0.3 is 5.97 Å². The van der Waals surface area contributed by atoms with E-state index in [-0.39, 0.29) is 18.0 Å². The van der Waals surface area contributed by atoms with Crippen LogP contribution in [0.5, 0.6) is 0 Å². The second-order valence-corrected chi connectivity index (χ2v) is 3.29. The maximum absolute atomic E-state index is 11.4. The minimum Gasteiger partial charge on any atom is -0.477 e. The molecule has 0 bridgehead atoms. The Kier molecular flexibility index (Phi) is 4.08. The number of unbranched alkanes of at least 4 members (excludes halogenated alkanes) is 1. The summed E-state index contributed by atoms with van der Waals surface area (Å²) in [5.41, 5.74) is -0.106. The lowest BCUT2D eigenvalue weighted by molar-refractivity contribution is -0.131. The molecule has 15 heavy (non-hydrogen) atoms. The number of rotatable bonds is 5. The van der Waals surface area contributed by atoms with Gasteiger partial charge in [0.25, 0.3) is 5.91 Å². The molecule has 1 rings (SSSR count). The number of carbonyl (C=O) groups is 2. The van der Waals surface area contributed by atoms with Gasteiger partial charge in [-0.3, -0.25) is 4.79 Å². The highest BCUT2D eigenvalue weighted by molar-refractivity contribution is 6.36. The Morgan fingerprint density at radius 1 is 1.67 bits per heavy atom. The van der Waals surface area contributed by atoms with Gasteiger partial charge in [-0.05, 0) is 6.42 Å². The fourth-order valence-electron chi connectivity index (χ4n) is 1.15. The standard InChI is InChI=1S/C9H14N2O4/c1-2-3-4-10-8(12)7-5-6(9(13)14)11-15-7/h7H,2-5H2,1H3,(H,10,12)(H,13,14). The Hall–Kier alpha value is -1.59. The van der Waals surface area contributed by atoms with Gasteiger partial charge < -0.3 is 15.3 Å². The van der Waals surface area contributed by atoms with Crippen molar-refractivity contribution in [3.8, 4) is 0 Å². The number of hydrogen-bond acceptors (Lipinski definition) is 4. The van der Waals surface area contributed by atoms with Crippen molar-refractivity contribution in [3.63, 3.8) is 0 Å². The van der Waals surface area contributed by atoms with Gasteiger partial charge in [0.2, 0.25) is 6.10 Å². The van der Waals surface area contributed by atoms with E-state index < -0.39 is 12.1 Å². The molecule has 1 aliphatic rings. The van der Waals surface area contributed by atoms with Crippen LogP contribution >= 0.6 is 0 Å². The summed E-state index contributed by atoms with van der Waals surface area (Å²) in [7, 11) is 0. The summed E-state index contributed by atoms with van der Waals surface area (Å²) >= 11 is 0. The van der Waals surface area contributed by atoms with Gasteiger partial charge in [-0.25, -0.2) is 4.79 Å². The van der Waals surface area contributed by atoms with E-state index in [1.54, 1.807) is 0 Å². The summed E-state index contributed by atoms with van der Waals surface area (Å²) in [6, 6.07) is 0. The van der Waals surface area contributed by atoms with Crippen LogP contribution in [0.3, 0.4) is 0 Å². The first-order chi connectivity index (χ1) is 7.15. The molecule has 6 nitrogen and oxygen atoms in total. The minimum atomic E-state index is -1.14. The van der Waals surface area contributed by atoms with Crippen LogP contribution in [-0.2, 0) is 14.4 Å². The third kappa shape index (κ3) is 3.23. The van der Waals surface area contributed by atoms with Crippen LogP contribution in [-0.4, -0.2) is 35.3 Å². The van der Waals surface area contributed by atoms with Crippen LogP contribution in [0, 0.1) is 0 Å². The molecule has 0 aliphatic carbocycles. The summed E-state index contributed by atoms with van der Waals surface area (Å²) in [5, 5.41) is 14.6. The van der Waals surface area contributed by atoms with Gasteiger partial charge in [-0.1, -0.05) is 18.5 Å². The van der Waals surface area contributed by atoms with Crippen molar-refractivity contribution < 1.29 is 19.5 Å². The van der Waals surface area contributed by atoms with E-state index in [4.69, 9.17) is 9.94 Å². The topological polar surface area (TPSA) is 88.0 Å². The lowest BCUT2D eigenvalue weighted by atomic mass is 10.1. The molecule has 1 unspecified atom stereocenters. The van der Waals surface area contributed by atoms with Gasteiger partial charge in [0.1, 0.15) is 0 Å². The summed E-state index contributed by atoms with van der Waals surface area (Å²) in [6.45, 7) is 2.60. The van der Waals surface area contributed by atoms with Crippen LogP contribution < -0.4 is 5.32 Å². The summed E-state index contributed by atoms with van der Waals surface area (Å²) in [5.74, 6) is -1.44. The molecule has 0 spiro atoms. The fourth-order valence-corrected chi connectivity index (χ4v) is 1.15. The molecule has 0 saturated heterocycles. The molecular formula is C9H14N2O4. The Bertz CT molecular complexity index is 288. The molecule has 1 amide bonds. The van der Waals surface area contributed by atoms with Crippen molar-refractivity contribution in [1.82, 2.24) is 5.32 Å². The predicted octanol–water partition coefficient (Wildman–Crippen LogP) is 0.132. The molecule has 0 aromatic carbocycles. The molecule has 2 N–H and O–H groups in total. The first kappa shape index (κ1) is 11.5. The van der Waals surface area contributed by atoms with Gasteiger partial charge in [-0.2, -0.15) is 0 Å². The van der Waals surface area contributed by atoms with Crippen LogP contribution in [0.25, 0.3) is 0 Å². The Labute approximate surface area is 87.3 Å². The smallest absolute Gasteiger partial charge is 0.353 e. The monoisotopic (exact) mass is 214 g/mol. The van der Waals surface area contributed by atoms with E-state index in [9.17, 15) is 9.59 Å². The molecular weight excluding hydrogens is 200 g/mol. The minimum absolute atomic E-state index is 0.0350. The maximum atomic E-state index is 11.4. The van der Waals surface area contributed by atoms with E-state index in [0.717, 1.165) is 12.8 Å². The first-order valence-corrected chi connectivity index (χ1v) is 4.88. The van der Waals surface area contributed by atoms with Crippen LogP contribution in [0.1, 0.15) is 26.2 Å². The number of hydrogen-bond donors (Lipinski definition) is 2. The number of carboxylic acids is 1. The third-order valence-electron chi connectivity index (χ3n) is 2.04. The summed E-state index contributed by atoms with van der Waals surface area (Å²) in [4.78, 5) is 26.6. The highest BCUT2D eigenvalue weighted by Crippen LogP contribution is 2.10. The Balaban J connectivity index is 2.30. The molecule has 1 atom stereocenters. The molecule has 0 saturated carbocycles. The number of carbonyl (C=O) groups excluding carboxylic acids is 1.